The third-order valence-electron chi connectivity index (χ3n) is 3.71. The molecule has 0 atom stereocenters. The lowest BCUT2D eigenvalue weighted by molar-refractivity contribution is -0.115. The Kier molecular flexibility index (Phi) is 6.77. The Labute approximate surface area is 166 Å². The molecule has 2 aromatic carbocycles. The van der Waals surface area contributed by atoms with Gasteiger partial charge in [-0.1, -0.05) is 47.7 Å². The quantitative estimate of drug-likeness (QED) is 0.521. The van der Waals surface area contributed by atoms with Crippen LogP contribution in [-0.4, -0.2) is 17.1 Å². The minimum absolute atomic E-state index is 0.0383. The van der Waals surface area contributed by atoms with Crippen molar-refractivity contribution in [2.45, 2.75) is 28.3 Å². The number of hydrogen-bond donors (Lipinski definition) is 1. The molecule has 0 saturated carbocycles. The summed E-state index contributed by atoms with van der Waals surface area (Å²) in [5.41, 5.74) is 4.19. The van der Waals surface area contributed by atoms with Gasteiger partial charge in [-0.15, -0.1) is 23.1 Å². The van der Waals surface area contributed by atoms with Crippen LogP contribution >= 0.6 is 34.9 Å². The highest BCUT2D eigenvalue weighted by molar-refractivity contribution is 8.00. The van der Waals surface area contributed by atoms with E-state index in [1.165, 1.54) is 11.1 Å². The standard InChI is InChI=1S/C20H20N2OS3/c1-14-6-8-15(9-7-14)12-25-20-22-17(13-26-20)11-19(23)21-16-4-3-5-18(10-16)24-2/h3-10,13H,11-12H2,1-2H3,(H,21,23). The van der Waals surface area contributed by atoms with Crippen molar-refractivity contribution in [2.24, 2.45) is 0 Å². The molecule has 1 amide bonds. The van der Waals surface area contributed by atoms with Crippen LogP contribution in [0, 0.1) is 6.92 Å². The van der Waals surface area contributed by atoms with Crippen molar-refractivity contribution in [1.82, 2.24) is 4.98 Å². The summed E-state index contributed by atoms with van der Waals surface area (Å²) < 4.78 is 0.998. The Hall–Kier alpha value is -1.76. The summed E-state index contributed by atoms with van der Waals surface area (Å²) in [7, 11) is 0. The summed E-state index contributed by atoms with van der Waals surface area (Å²) in [4.78, 5) is 17.9. The predicted molar refractivity (Wildman–Crippen MR) is 113 cm³/mol. The SMILES string of the molecule is CSc1cccc(NC(=O)Cc2csc(SCc3ccc(C)cc3)n2)c1. The molecule has 0 radical (unpaired) electrons. The Bertz CT molecular complexity index is 875. The number of carbonyl (C=O) groups is 1. The largest absolute Gasteiger partial charge is 0.326 e. The van der Waals surface area contributed by atoms with E-state index in [2.05, 4.69) is 41.5 Å². The summed E-state index contributed by atoms with van der Waals surface area (Å²) in [5, 5.41) is 4.91. The van der Waals surface area contributed by atoms with Gasteiger partial charge in [0, 0.05) is 21.7 Å². The molecule has 0 unspecified atom stereocenters. The fourth-order valence-electron chi connectivity index (χ4n) is 2.34. The molecule has 1 N–H and O–H groups in total. The first-order valence-electron chi connectivity index (χ1n) is 8.19. The smallest absolute Gasteiger partial charge is 0.230 e. The van der Waals surface area contributed by atoms with Crippen molar-refractivity contribution in [3.8, 4) is 0 Å². The van der Waals surface area contributed by atoms with Gasteiger partial charge in [-0.25, -0.2) is 4.98 Å². The van der Waals surface area contributed by atoms with Gasteiger partial charge < -0.3 is 5.32 Å². The van der Waals surface area contributed by atoms with Crippen molar-refractivity contribution < 1.29 is 4.79 Å². The summed E-state index contributed by atoms with van der Waals surface area (Å²) in [5.74, 6) is 0.851. The van der Waals surface area contributed by atoms with E-state index in [1.54, 1.807) is 34.9 Å². The first kappa shape index (κ1) is 19.0. The Morgan fingerprint density at radius 3 is 2.77 bits per heavy atom. The highest BCUT2D eigenvalue weighted by Gasteiger charge is 2.09. The molecule has 0 saturated heterocycles. The van der Waals surface area contributed by atoms with Crippen LogP contribution in [0.5, 0.6) is 0 Å². The minimum atomic E-state index is -0.0383. The third-order valence-corrected chi connectivity index (χ3v) is 6.58. The van der Waals surface area contributed by atoms with Gasteiger partial charge in [-0.2, -0.15) is 0 Å². The van der Waals surface area contributed by atoms with Crippen LogP contribution < -0.4 is 5.32 Å². The summed E-state index contributed by atoms with van der Waals surface area (Å²) in [6, 6.07) is 16.4. The van der Waals surface area contributed by atoms with E-state index in [0.717, 1.165) is 26.4 Å². The molecule has 134 valence electrons. The molecule has 0 aliphatic rings. The molecule has 0 bridgehead atoms. The van der Waals surface area contributed by atoms with Gasteiger partial charge in [0.2, 0.25) is 5.91 Å². The number of amides is 1. The van der Waals surface area contributed by atoms with Crippen molar-refractivity contribution in [1.29, 1.82) is 0 Å². The summed E-state index contributed by atoms with van der Waals surface area (Å²) in [6.07, 6.45) is 2.32. The van der Waals surface area contributed by atoms with Gasteiger partial charge in [-0.3, -0.25) is 4.79 Å². The number of nitrogens with zero attached hydrogens (tertiary/aromatic N) is 1. The average Bonchev–Trinajstić information content (AvgIpc) is 3.08. The van der Waals surface area contributed by atoms with E-state index in [1.807, 2.05) is 35.9 Å². The van der Waals surface area contributed by atoms with Crippen LogP contribution in [0.4, 0.5) is 5.69 Å². The van der Waals surface area contributed by atoms with Crippen molar-refractivity contribution >= 4 is 46.5 Å². The Morgan fingerprint density at radius 2 is 2.00 bits per heavy atom. The zero-order valence-corrected chi connectivity index (χ0v) is 17.1. The second kappa shape index (κ2) is 9.26. The molecule has 26 heavy (non-hydrogen) atoms. The zero-order chi connectivity index (χ0) is 18.4. The minimum Gasteiger partial charge on any atom is -0.326 e. The molecular formula is C20H20N2OS3. The number of anilines is 1. The van der Waals surface area contributed by atoms with Crippen molar-refractivity contribution in [2.75, 3.05) is 11.6 Å². The molecule has 0 aliphatic carbocycles. The number of thiazole rings is 1. The zero-order valence-electron chi connectivity index (χ0n) is 14.7. The number of hydrogen-bond acceptors (Lipinski definition) is 5. The van der Waals surface area contributed by atoms with Gasteiger partial charge in [0.1, 0.15) is 4.34 Å². The molecule has 0 spiro atoms. The lowest BCUT2D eigenvalue weighted by Gasteiger charge is -2.05. The number of rotatable bonds is 7. The summed E-state index contributed by atoms with van der Waals surface area (Å²) in [6.45, 7) is 2.09. The van der Waals surface area contributed by atoms with E-state index in [9.17, 15) is 4.79 Å². The fourth-order valence-corrected chi connectivity index (χ4v) is 4.60. The van der Waals surface area contributed by atoms with Gasteiger partial charge in [0.25, 0.3) is 0 Å². The highest BCUT2D eigenvalue weighted by Crippen LogP contribution is 2.26. The molecule has 3 nitrogen and oxygen atoms in total. The summed E-state index contributed by atoms with van der Waals surface area (Å²) >= 11 is 4.96. The molecule has 0 aliphatic heterocycles. The predicted octanol–water partition coefficient (Wildman–Crippen LogP) is 5.65. The van der Waals surface area contributed by atoms with E-state index < -0.39 is 0 Å². The number of nitrogens with one attached hydrogen (secondary N) is 1. The second-order valence-electron chi connectivity index (χ2n) is 5.84. The van der Waals surface area contributed by atoms with Crippen LogP contribution in [-0.2, 0) is 17.0 Å². The molecule has 6 heteroatoms. The maximum absolute atomic E-state index is 12.2. The highest BCUT2D eigenvalue weighted by atomic mass is 32.2. The normalized spacial score (nSPS) is 10.7. The number of aromatic nitrogens is 1. The van der Waals surface area contributed by atoms with Crippen LogP contribution in [0.3, 0.4) is 0 Å². The molecule has 1 heterocycles. The average molecular weight is 401 g/mol. The Balaban J connectivity index is 1.52. The maximum Gasteiger partial charge on any atom is 0.230 e. The second-order valence-corrected chi connectivity index (χ2v) is 8.80. The third kappa shape index (κ3) is 5.62. The lowest BCUT2D eigenvalue weighted by Crippen LogP contribution is -2.14. The molecule has 0 fully saturated rings. The lowest BCUT2D eigenvalue weighted by atomic mass is 10.2. The molecule has 3 rings (SSSR count). The molecular weight excluding hydrogens is 380 g/mol. The number of benzene rings is 2. The number of aryl methyl sites for hydroxylation is 1. The first-order chi connectivity index (χ1) is 12.6. The Morgan fingerprint density at radius 1 is 1.19 bits per heavy atom. The molecule has 1 aromatic heterocycles. The van der Waals surface area contributed by atoms with Crippen molar-refractivity contribution in [3.05, 3.63) is 70.7 Å². The van der Waals surface area contributed by atoms with Crippen LogP contribution in [0.2, 0.25) is 0 Å². The number of thioether (sulfide) groups is 2. The van der Waals surface area contributed by atoms with Gasteiger partial charge in [-0.05, 0) is 36.9 Å². The van der Waals surface area contributed by atoms with E-state index in [4.69, 9.17) is 0 Å². The monoisotopic (exact) mass is 400 g/mol. The van der Waals surface area contributed by atoms with Gasteiger partial charge >= 0.3 is 0 Å². The molecule has 3 aromatic rings. The van der Waals surface area contributed by atoms with E-state index in [0.29, 0.717) is 6.42 Å². The fraction of sp³-hybridized carbons (Fsp3) is 0.200. The van der Waals surface area contributed by atoms with E-state index >= 15 is 0 Å². The topological polar surface area (TPSA) is 42.0 Å². The van der Waals surface area contributed by atoms with Crippen molar-refractivity contribution in [3.63, 3.8) is 0 Å². The maximum atomic E-state index is 12.2. The van der Waals surface area contributed by atoms with Crippen LogP contribution in [0.25, 0.3) is 0 Å². The van der Waals surface area contributed by atoms with Crippen LogP contribution in [0.1, 0.15) is 16.8 Å². The van der Waals surface area contributed by atoms with Gasteiger partial charge in [0.15, 0.2) is 0 Å². The van der Waals surface area contributed by atoms with Crippen LogP contribution in [0.15, 0.2) is 63.1 Å². The first-order valence-corrected chi connectivity index (χ1v) is 11.3. The van der Waals surface area contributed by atoms with Gasteiger partial charge in [0.05, 0.1) is 12.1 Å². The number of carbonyl (C=O) groups excluding carboxylic acids is 1. The van der Waals surface area contributed by atoms with E-state index in [-0.39, 0.29) is 5.91 Å².